The van der Waals surface area contributed by atoms with Crippen LogP contribution in [0, 0.1) is 6.92 Å². The van der Waals surface area contributed by atoms with Gasteiger partial charge in [0.05, 0.1) is 11.4 Å². The summed E-state index contributed by atoms with van der Waals surface area (Å²) < 4.78 is 7.76. The number of rotatable bonds is 8. The van der Waals surface area contributed by atoms with Gasteiger partial charge in [0, 0.05) is 25.3 Å². The van der Waals surface area contributed by atoms with Crippen LogP contribution in [0.15, 0.2) is 41.2 Å². The second-order valence-corrected chi connectivity index (χ2v) is 6.68. The third-order valence-corrected chi connectivity index (χ3v) is 4.17. The molecule has 1 amide bonds. The largest absolute Gasteiger partial charge is 0.377 e. The number of para-hydroxylation sites is 1. The van der Waals surface area contributed by atoms with Crippen LogP contribution in [0.1, 0.15) is 24.1 Å². The van der Waals surface area contributed by atoms with Gasteiger partial charge in [-0.1, -0.05) is 18.2 Å². The molecule has 0 saturated heterocycles. The van der Waals surface area contributed by atoms with Gasteiger partial charge in [-0.05, 0) is 32.0 Å². The van der Waals surface area contributed by atoms with Crippen molar-refractivity contribution in [1.29, 1.82) is 0 Å². The van der Waals surface area contributed by atoms with Crippen molar-refractivity contribution < 1.29 is 9.53 Å². The van der Waals surface area contributed by atoms with Crippen molar-refractivity contribution in [2.24, 2.45) is 0 Å². The van der Waals surface area contributed by atoms with Crippen LogP contribution in [0.2, 0.25) is 0 Å². The number of nitrogens with zero attached hydrogens (tertiary/aromatic N) is 4. The number of hydrogen-bond donors (Lipinski definition) is 2. The van der Waals surface area contributed by atoms with Crippen molar-refractivity contribution >= 4 is 5.91 Å². The number of carbonyl (C=O) groups excluding carboxylic acids is 1. The first-order valence-electron chi connectivity index (χ1n) is 9.01. The molecule has 0 saturated carbocycles. The fourth-order valence-electron chi connectivity index (χ4n) is 3.01. The van der Waals surface area contributed by atoms with E-state index in [0.717, 1.165) is 16.1 Å². The molecule has 9 nitrogen and oxygen atoms in total. The van der Waals surface area contributed by atoms with Gasteiger partial charge in [-0.15, -0.1) is 0 Å². The molecule has 1 aromatic carbocycles. The molecule has 0 spiro atoms. The van der Waals surface area contributed by atoms with Crippen molar-refractivity contribution in [3.63, 3.8) is 0 Å². The Hall–Kier alpha value is -3.20. The predicted molar refractivity (Wildman–Crippen MR) is 103 cm³/mol. The summed E-state index contributed by atoms with van der Waals surface area (Å²) in [4.78, 5) is 25.2. The topological polar surface area (TPSA) is 107 Å². The maximum Gasteiger partial charge on any atom is 0.351 e. The Morgan fingerprint density at radius 1 is 1.32 bits per heavy atom. The molecule has 0 radical (unpaired) electrons. The first-order valence-corrected chi connectivity index (χ1v) is 9.01. The monoisotopic (exact) mass is 384 g/mol. The SMILES string of the molecule is COCc1nn(CC(=O)N[C@@H](C)Cc2cc(C)[nH]n2)c(=O)n1-c1ccccc1. The first-order chi connectivity index (χ1) is 13.5. The number of H-pyrrole nitrogens is 1. The lowest BCUT2D eigenvalue weighted by molar-refractivity contribution is -0.122. The van der Waals surface area contributed by atoms with Crippen LogP contribution in [0.4, 0.5) is 0 Å². The van der Waals surface area contributed by atoms with Crippen molar-refractivity contribution in [3.05, 3.63) is 64.1 Å². The number of aromatic nitrogens is 5. The quantitative estimate of drug-likeness (QED) is 0.602. The number of hydrogen-bond acceptors (Lipinski definition) is 5. The zero-order chi connectivity index (χ0) is 20.1. The van der Waals surface area contributed by atoms with Gasteiger partial charge in [-0.3, -0.25) is 9.89 Å². The third kappa shape index (κ3) is 4.55. The average Bonchev–Trinajstić information content (AvgIpc) is 3.19. The van der Waals surface area contributed by atoms with Gasteiger partial charge in [0.2, 0.25) is 5.91 Å². The van der Waals surface area contributed by atoms with Crippen LogP contribution in [0.25, 0.3) is 5.69 Å². The van der Waals surface area contributed by atoms with E-state index in [2.05, 4.69) is 20.6 Å². The molecule has 0 aliphatic carbocycles. The number of aromatic amines is 1. The standard InChI is InChI=1S/C19H24N6O3/c1-13(9-15-10-14(2)21-22-15)20-18(26)11-24-19(27)25(17(23-24)12-28-3)16-7-5-4-6-8-16/h4-8,10,13H,9,11-12H2,1-3H3,(H,20,26)(H,21,22)/t13-/m0/s1. The molecule has 9 heteroatoms. The van der Waals surface area contributed by atoms with E-state index in [1.807, 2.05) is 38.1 Å². The Balaban J connectivity index is 1.73. The summed E-state index contributed by atoms with van der Waals surface area (Å²) >= 11 is 0. The van der Waals surface area contributed by atoms with Crippen molar-refractivity contribution in [3.8, 4) is 5.69 Å². The van der Waals surface area contributed by atoms with E-state index in [1.54, 1.807) is 12.1 Å². The highest BCUT2D eigenvalue weighted by Crippen LogP contribution is 2.08. The highest BCUT2D eigenvalue weighted by Gasteiger charge is 2.18. The lowest BCUT2D eigenvalue weighted by atomic mass is 10.2. The number of benzene rings is 1. The van der Waals surface area contributed by atoms with Crippen LogP contribution in [0.3, 0.4) is 0 Å². The Labute approximate surface area is 162 Å². The maximum absolute atomic E-state index is 12.8. The molecule has 2 heterocycles. The van der Waals surface area contributed by atoms with Crippen molar-refractivity contribution in [2.45, 2.75) is 39.5 Å². The van der Waals surface area contributed by atoms with E-state index in [1.165, 1.54) is 11.7 Å². The van der Waals surface area contributed by atoms with Crippen LogP contribution < -0.4 is 11.0 Å². The molecule has 28 heavy (non-hydrogen) atoms. The zero-order valence-electron chi connectivity index (χ0n) is 16.2. The fourth-order valence-corrected chi connectivity index (χ4v) is 3.01. The van der Waals surface area contributed by atoms with E-state index < -0.39 is 0 Å². The van der Waals surface area contributed by atoms with E-state index in [0.29, 0.717) is 17.9 Å². The number of amides is 1. The van der Waals surface area contributed by atoms with Gasteiger partial charge in [0.1, 0.15) is 13.2 Å². The van der Waals surface area contributed by atoms with Gasteiger partial charge >= 0.3 is 5.69 Å². The van der Waals surface area contributed by atoms with E-state index in [9.17, 15) is 9.59 Å². The van der Waals surface area contributed by atoms with Gasteiger partial charge in [0.15, 0.2) is 5.82 Å². The zero-order valence-corrected chi connectivity index (χ0v) is 16.2. The molecule has 2 N–H and O–H groups in total. The van der Waals surface area contributed by atoms with Gasteiger partial charge in [0.25, 0.3) is 0 Å². The molecule has 0 bridgehead atoms. The number of aryl methyl sites for hydroxylation is 1. The summed E-state index contributed by atoms with van der Waals surface area (Å²) in [5, 5.41) is 14.2. The van der Waals surface area contributed by atoms with Gasteiger partial charge in [-0.2, -0.15) is 10.2 Å². The molecule has 0 unspecified atom stereocenters. The van der Waals surface area contributed by atoms with Crippen molar-refractivity contribution in [2.75, 3.05) is 7.11 Å². The fraction of sp³-hybridized carbons (Fsp3) is 0.368. The first kappa shape index (κ1) is 19.6. The minimum Gasteiger partial charge on any atom is -0.377 e. The lowest BCUT2D eigenvalue weighted by Crippen LogP contribution is -2.39. The van der Waals surface area contributed by atoms with E-state index in [4.69, 9.17) is 4.74 Å². The Morgan fingerprint density at radius 2 is 2.07 bits per heavy atom. The summed E-state index contributed by atoms with van der Waals surface area (Å²) in [6, 6.07) is 11.0. The molecular weight excluding hydrogens is 360 g/mol. The Kier molecular flexibility index (Phi) is 6.05. The van der Waals surface area contributed by atoms with E-state index >= 15 is 0 Å². The summed E-state index contributed by atoms with van der Waals surface area (Å²) in [5.41, 5.74) is 2.13. The second-order valence-electron chi connectivity index (χ2n) is 6.68. The molecule has 3 rings (SSSR count). The smallest absolute Gasteiger partial charge is 0.351 e. The van der Waals surface area contributed by atoms with Crippen LogP contribution in [-0.4, -0.2) is 43.6 Å². The highest BCUT2D eigenvalue weighted by atomic mass is 16.5. The predicted octanol–water partition coefficient (Wildman–Crippen LogP) is 0.959. The molecule has 0 aliphatic heterocycles. The number of ether oxygens (including phenoxy) is 1. The molecule has 148 valence electrons. The van der Waals surface area contributed by atoms with Crippen molar-refractivity contribution in [1.82, 2.24) is 29.9 Å². The minimum absolute atomic E-state index is 0.124. The Bertz CT molecular complexity index is 989. The number of carbonyl (C=O) groups is 1. The highest BCUT2D eigenvalue weighted by molar-refractivity contribution is 5.75. The summed E-state index contributed by atoms with van der Waals surface area (Å²) in [5.74, 6) is 0.148. The van der Waals surface area contributed by atoms with Crippen LogP contribution in [-0.2, 0) is 29.1 Å². The number of methoxy groups -OCH3 is 1. The summed E-state index contributed by atoms with van der Waals surface area (Å²) in [7, 11) is 1.53. The number of nitrogens with one attached hydrogen (secondary N) is 2. The Morgan fingerprint density at radius 3 is 2.71 bits per heavy atom. The van der Waals surface area contributed by atoms with Gasteiger partial charge in [-0.25, -0.2) is 14.0 Å². The molecule has 1 atom stereocenters. The maximum atomic E-state index is 12.8. The molecule has 2 aromatic heterocycles. The summed E-state index contributed by atoms with van der Waals surface area (Å²) in [6.45, 7) is 3.81. The van der Waals surface area contributed by atoms with Gasteiger partial charge < -0.3 is 10.1 Å². The molecule has 0 aliphatic rings. The average molecular weight is 384 g/mol. The minimum atomic E-state index is -0.385. The lowest BCUT2D eigenvalue weighted by Gasteiger charge is -2.12. The molecular formula is C19H24N6O3. The molecule has 3 aromatic rings. The van der Waals surface area contributed by atoms with Crippen LogP contribution in [0.5, 0.6) is 0 Å². The second kappa shape index (κ2) is 8.66. The molecule has 0 fully saturated rings. The summed E-state index contributed by atoms with van der Waals surface area (Å²) in [6.07, 6.45) is 0.596. The van der Waals surface area contributed by atoms with E-state index in [-0.39, 0.29) is 30.8 Å². The van der Waals surface area contributed by atoms with Crippen LogP contribution >= 0.6 is 0 Å². The third-order valence-electron chi connectivity index (χ3n) is 4.17. The normalized spacial score (nSPS) is 12.1.